The Hall–Kier alpha value is -3.51. The van der Waals surface area contributed by atoms with Crippen LogP contribution in [0.25, 0.3) is 11.9 Å². The van der Waals surface area contributed by atoms with Gasteiger partial charge in [0.1, 0.15) is 6.07 Å². The predicted molar refractivity (Wildman–Crippen MR) is 147 cm³/mol. The Kier molecular flexibility index (Phi) is 5.95. The fourth-order valence-corrected chi connectivity index (χ4v) is 9.17. The van der Waals surface area contributed by atoms with Gasteiger partial charge in [-0.15, -0.1) is 0 Å². The van der Waals surface area contributed by atoms with Crippen molar-refractivity contribution in [3.63, 3.8) is 0 Å². The smallest absolute Gasteiger partial charge is 0.352 e. The molecule has 0 radical (unpaired) electrons. The molecule has 214 valence electrons. The molecule has 7 rings (SSSR count). The van der Waals surface area contributed by atoms with Crippen LogP contribution in [0.1, 0.15) is 70.1 Å². The van der Waals surface area contributed by atoms with Gasteiger partial charge in [-0.3, -0.25) is 4.79 Å². The van der Waals surface area contributed by atoms with Crippen LogP contribution in [0.4, 0.5) is 0 Å². The summed E-state index contributed by atoms with van der Waals surface area (Å²) in [4.78, 5) is 31.1. The van der Waals surface area contributed by atoms with Crippen molar-refractivity contribution in [2.45, 2.75) is 76.9 Å². The summed E-state index contributed by atoms with van der Waals surface area (Å²) in [6.07, 6.45) is 10.7. The number of carbonyl (C=O) groups excluding carboxylic acids is 2. The van der Waals surface area contributed by atoms with E-state index in [-0.39, 0.29) is 35.1 Å². The van der Waals surface area contributed by atoms with Crippen molar-refractivity contribution in [1.29, 1.82) is 5.26 Å². The van der Waals surface area contributed by atoms with E-state index in [2.05, 4.69) is 23.1 Å². The van der Waals surface area contributed by atoms with Gasteiger partial charge in [-0.1, -0.05) is 25.5 Å². The Bertz CT molecular complexity index is 1470. The lowest BCUT2D eigenvalue weighted by Crippen LogP contribution is -2.63. The van der Waals surface area contributed by atoms with Crippen molar-refractivity contribution in [1.82, 2.24) is 14.8 Å². The first kappa shape index (κ1) is 26.4. The molecule has 5 aliphatic carbocycles. The minimum Gasteiger partial charge on any atom is -0.447 e. The van der Waals surface area contributed by atoms with Crippen LogP contribution in [0, 0.1) is 45.8 Å². The fraction of sp³-hybridized carbons (Fsp3) is 0.594. The molecule has 4 fully saturated rings. The molecule has 4 saturated carbocycles. The number of allylic oxidation sites excluding steroid dienone is 1. The maximum absolute atomic E-state index is 13.6. The highest BCUT2D eigenvalue weighted by atomic mass is 16.6. The second kappa shape index (κ2) is 9.25. The van der Waals surface area contributed by atoms with E-state index >= 15 is 0 Å². The molecule has 2 aromatic rings. The minimum atomic E-state index is -1.49. The monoisotopic (exact) mass is 556 g/mol. The molecule has 0 aromatic carbocycles. The first-order valence-electron chi connectivity index (χ1n) is 14.9. The second-order valence-electron chi connectivity index (χ2n) is 13.2. The number of pyridine rings is 1. The Morgan fingerprint density at radius 1 is 1.22 bits per heavy atom. The van der Waals surface area contributed by atoms with Crippen molar-refractivity contribution in [2.75, 3.05) is 6.61 Å². The van der Waals surface area contributed by atoms with Gasteiger partial charge in [-0.2, -0.15) is 10.4 Å². The summed E-state index contributed by atoms with van der Waals surface area (Å²) in [6, 6.07) is 7.67. The third-order valence-corrected chi connectivity index (χ3v) is 11.2. The molecular formula is C32H36N4O5. The number of ether oxygens (including phenoxy) is 2. The van der Waals surface area contributed by atoms with Crippen LogP contribution >= 0.6 is 0 Å². The summed E-state index contributed by atoms with van der Waals surface area (Å²) < 4.78 is 13.4. The molecule has 5 aliphatic rings. The van der Waals surface area contributed by atoms with Crippen LogP contribution in [0.15, 0.2) is 36.2 Å². The SMILES string of the molecule is C[C@]12Cc3cnn(-c4ccccn4)c3C=C1CC[C@@H]1[C@@H]2[C@@H](O)C[C@@]2(C)[C@H]1CC[C@]2(OC(=O)C1CC1)C(=O)OCC#N. The number of nitriles is 1. The van der Waals surface area contributed by atoms with Crippen LogP contribution in [-0.2, 0) is 25.5 Å². The lowest BCUT2D eigenvalue weighted by molar-refractivity contribution is -0.214. The third kappa shape index (κ3) is 3.76. The van der Waals surface area contributed by atoms with Gasteiger partial charge < -0.3 is 14.6 Å². The van der Waals surface area contributed by atoms with Crippen LogP contribution in [0.3, 0.4) is 0 Å². The zero-order chi connectivity index (χ0) is 28.6. The molecule has 2 aromatic heterocycles. The van der Waals surface area contributed by atoms with E-state index in [0.717, 1.165) is 49.2 Å². The Morgan fingerprint density at radius 3 is 2.78 bits per heavy atom. The number of fused-ring (bicyclic) bond motifs is 6. The Labute approximate surface area is 239 Å². The van der Waals surface area contributed by atoms with Gasteiger partial charge in [0.05, 0.1) is 23.9 Å². The van der Waals surface area contributed by atoms with Crippen molar-refractivity contribution in [3.05, 3.63) is 47.4 Å². The van der Waals surface area contributed by atoms with Gasteiger partial charge in [0.2, 0.25) is 5.60 Å². The van der Waals surface area contributed by atoms with Gasteiger partial charge in [0.25, 0.3) is 0 Å². The van der Waals surface area contributed by atoms with E-state index in [1.54, 1.807) is 6.20 Å². The number of esters is 2. The van der Waals surface area contributed by atoms with Gasteiger partial charge in [-0.25, -0.2) is 14.5 Å². The normalized spacial score (nSPS) is 37.0. The molecule has 0 spiro atoms. The molecule has 0 unspecified atom stereocenters. The summed E-state index contributed by atoms with van der Waals surface area (Å²) in [7, 11) is 0. The molecule has 1 N–H and O–H groups in total. The average molecular weight is 557 g/mol. The van der Waals surface area contributed by atoms with Gasteiger partial charge in [0, 0.05) is 11.6 Å². The summed E-state index contributed by atoms with van der Waals surface area (Å²) in [5.41, 5.74) is 0.988. The molecule has 0 amide bonds. The maximum Gasteiger partial charge on any atom is 0.352 e. The zero-order valence-corrected chi connectivity index (χ0v) is 23.6. The van der Waals surface area contributed by atoms with Gasteiger partial charge in [0.15, 0.2) is 12.4 Å². The van der Waals surface area contributed by atoms with Crippen LogP contribution in [-0.4, -0.2) is 50.1 Å². The number of rotatable bonds is 5. The van der Waals surface area contributed by atoms with Crippen LogP contribution < -0.4 is 0 Å². The van der Waals surface area contributed by atoms with E-state index in [1.165, 1.54) is 5.57 Å². The summed E-state index contributed by atoms with van der Waals surface area (Å²) >= 11 is 0. The molecule has 41 heavy (non-hydrogen) atoms. The standard InChI is InChI=1S/C32H36N4O5/c1-30-16-20-18-35-36(26-5-3-4-13-34-26)24(20)15-21(30)8-9-22-23-10-11-32(29(39)40-14-12-33,41-28(38)19-6-7-19)31(23,2)17-25(37)27(22)30/h3-5,13,15,18-19,22-23,25,27,37H,6-11,14,16-17H2,1-2H3/t22-,23-,25-,27+,30-,31-,32-/m0/s1. The van der Waals surface area contributed by atoms with E-state index in [1.807, 2.05) is 42.1 Å². The minimum absolute atomic E-state index is 0.00279. The summed E-state index contributed by atoms with van der Waals surface area (Å²) in [5.74, 6) is -0.167. The van der Waals surface area contributed by atoms with Crippen LogP contribution in [0.5, 0.6) is 0 Å². The predicted octanol–water partition coefficient (Wildman–Crippen LogP) is 4.18. The van der Waals surface area contributed by atoms with Gasteiger partial charge in [-0.05, 0) is 98.3 Å². The molecule has 2 heterocycles. The van der Waals surface area contributed by atoms with Crippen molar-refractivity contribution < 1.29 is 24.2 Å². The maximum atomic E-state index is 13.6. The summed E-state index contributed by atoms with van der Waals surface area (Å²) in [6.45, 7) is 3.89. The lowest BCUT2D eigenvalue weighted by Gasteiger charge is -2.60. The second-order valence-corrected chi connectivity index (χ2v) is 13.2. The van der Waals surface area contributed by atoms with E-state index in [4.69, 9.17) is 14.7 Å². The number of aliphatic hydroxyl groups is 1. The van der Waals surface area contributed by atoms with Crippen molar-refractivity contribution in [2.24, 2.45) is 34.5 Å². The van der Waals surface area contributed by atoms with Gasteiger partial charge >= 0.3 is 11.9 Å². The number of aliphatic hydroxyl groups excluding tert-OH is 1. The topological polar surface area (TPSA) is 127 Å². The summed E-state index contributed by atoms with van der Waals surface area (Å²) in [5, 5.41) is 25.8. The number of carbonyl (C=O) groups is 2. The molecule has 9 nitrogen and oxygen atoms in total. The highest BCUT2D eigenvalue weighted by Crippen LogP contribution is 2.68. The molecule has 0 saturated heterocycles. The lowest BCUT2D eigenvalue weighted by atomic mass is 9.45. The van der Waals surface area contributed by atoms with Crippen molar-refractivity contribution >= 4 is 18.0 Å². The number of hydrogen-bond acceptors (Lipinski definition) is 8. The van der Waals surface area contributed by atoms with E-state index in [9.17, 15) is 14.7 Å². The first-order chi connectivity index (χ1) is 19.7. The third-order valence-electron chi connectivity index (χ3n) is 11.2. The van der Waals surface area contributed by atoms with Crippen molar-refractivity contribution in [3.8, 4) is 11.9 Å². The number of hydrogen-bond donors (Lipinski definition) is 1. The molecule has 7 atom stereocenters. The molecular weight excluding hydrogens is 520 g/mol. The number of nitrogens with zero attached hydrogens (tertiary/aromatic N) is 4. The largest absolute Gasteiger partial charge is 0.447 e. The first-order valence-corrected chi connectivity index (χ1v) is 14.9. The average Bonchev–Trinajstić information content (AvgIpc) is 3.67. The van der Waals surface area contributed by atoms with E-state index < -0.39 is 29.7 Å². The fourth-order valence-electron chi connectivity index (χ4n) is 9.17. The highest BCUT2D eigenvalue weighted by molar-refractivity contribution is 5.86. The Morgan fingerprint density at radius 2 is 2.05 bits per heavy atom. The quantitative estimate of drug-likeness (QED) is 0.544. The number of aromatic nitrogens is 3. The molecule has 0 aliphatic heterocycles. The van der Waals surface area contributed by atoms with E-state index in [0.29, 0.717) is 19.3 Å². The Balaban J connectivity index is 1.23. The molecule has 9 heteroatoms. The molecule has 0 bridgehead atoms. The van der Waals surface area contributed by atoms with Crippen LogP contribution in [0.2, 0.25) is 0 Å². The zero-order valence-electron chi connectivity index (χ0n) is 23.6. The highest BCUT2D eigenvalue weighted by Gasteiger charge is 2.71.